The van der Waals surface area contributed by atoms with Crippen molar-refractivity contribution in [3.63, 3.8) is 0 Å². The van der Waals surface area contributed by atoms with Crippen molar-refractivity contribution in [3.05, 3.63) is 12.7 Å². The van der Waals surface area contributed by atoms with Crippen LogP contribution in [-0.2, 0) is 4.74 Å². The zero-order chi connectivity index (χ0) is 14.3. The van der Waals surface area contributed by atoms with E-state index in [0.29, 0.717) is 31.2 Å². The van der Waals surface area contributed by atoms with E-state index < -0.39 is 5.60 Å². The minimum absolute atomic E-state index is 0.184. The van der Waals surface area contributed by atoms with Crippen molar-refractivity contribution >= 4 is 0 Å². The van der Waals surface area contributed by atoms with Crippen LogP contribution in [0.2, 0.25) is 0 Å². The van der Waals surface area contributed by atoms with Crippen LogP contribution < -0.4 is 0 Å². The van der Waals surface area contributed by atoms with Gasteiger partial charge in [-0.05, 0) is 46.0 Å². The zero-order valence-electron chi connectivity index (χ0n) is 12.9. The SMILES string of the molecule is C=CCOC[C@@]1(O)CC2C[C@@H](C)C(C1)N2C(C)(C)C. The molecule has 110 valence electrons. The third-order valence-corrected chi connectivity index (χ3v) is 4.64. The van der Waals surface area contributed by atoms with Crippen molar-refractivity contribution in [2.24, 2.45) is 5.92 Å². The average molecular weight is 267 g/mol. The molecule has 0 aromatic carbocycles. The molecular weight excluding hydrogens is 238 g/mol. The van der Waals surface area contributed by atoms with Crippen molar-refractivity contribution in [2.75, 3.05) is 13.2 Å². The summed E-state index contributed by atoms with van der Waals surface area (Å²) in [6, 6.07) is 0.974. The first-order valence-corrected chi connectivity index (χ1v) is 7.46. The lowest BCUT2D eigenvalue weighted by Crippen LogP contribution is -2.59. The number of hydrogen-bond acceptors (Lipinski definition) is 3. The third-order valence-electron chi connectivity index (χ3n) is 4.64. The number of nitrogens with zero attached hydrogens (tertiary/aromatic N) is 1. The summed E-state index contributed by atoms with van der Waals surface area (Å²) in [5.74, 6) is 0.664. The van der Waals surface area contributed by atoms with Crippen LogP contribution >= 0.6 is 0 Å². The highest BCUT2D eigenvalue weighted by Gasteiger charge is 2.53. The van der Waals surface area contributed by atoms with Crippen LogP contribution in [0.5, 0.6) is 0 Å². The molecule has 19 heavy (non-hydrogen) atoms. The van der Waals surface area contributed by atoms with Crippen molar-refractivity contribution < 1.29 is 9.84 Å². The largest absolute Gasteiger partial charge is 0.387 e. The molecule has 3 heteroatoms. The summed E-state index contributed by atoms with van der Waals surface area (Å²) < 4.78 is 5.52. The van der Waals surface area contributed by atoms with Crippen LogP contribution in [-0.4, -0.2) is 46.4 Å². The van der Waals surface area contributed by atoms with Crippen molar-refractivity contribution in [2.45, 2.75) is 70.2 Å². The summed E-state index contributed by atoms with van der Waals surface area (Å²) >= 11 is 0. The smallest absolute Gasteiger partial charge is 0.0910 e. The second kappa shape index (κ2) is 5.19. The standard InChI is InChI=1S/C16H29NO2/c1-6-7-19-11-16(18)9-13-8-12(2)14(10-16)17(13)15(3,4)5/h6,12-14,18H,1,7-11H2,2-5H3/t12-,13?,14?,16-/m1/s1. The average Bonchev–Trinajstić information content (AvgIpc) is 2.48. The molecule has 4 atom stereocenters. The summed E-state index contributed by atoms with van der Waals surface area (Å²) in [4.78, 5) is 2.62. The number of fused-ring (bicyclic) bond motifs is 2. The maximum atomic E-state index is 10.8. The molecule has 0 aliphatic carbocycles. The predicted molar refractivity (Wildman–Crippen MR) is 78.1 cm³/mol. The highest BCUT2D eigenvalue weighted by molar-refractivity contribution is 5.07. The van der Waals surface area contributed by atoms with Crippen LogP contribution in [0.1, 0.15) is 47.0 Å². The summed E-state index contributed by atoms with van der Waals surface area (Å²) in [6.07, 6.45) is 4.61. The quantitative estimate of drug-likeness (QED) is 0.628. The van der Waals surface area contributed by atoms with Gasteiger partial charge in [0, 0.05) is 17.6 Å². The Balaban J connectivity index is 2.08. The van der Waals surface area contributed by atoms with Gasteiger partial charge in [0.25, 0.3) is 0 Å². The molecule has 0 amide bonds. The van der Waals surface area contributed by atoms with Gasteiger partial charge in [-0.2, -0.15) is 0 Å². The molecule has 2 aliphatic rings. The van der Waals surface area contributed by atoms with Gasteiger partial charge in [0.2, 0.25) is 0 Å². The first-order valence-electron chi connectivity index (χ1n) is 7.46. The Morgan fingerprint density at radius 1 is 1.42 bits per heavy atom. The molecule has 2 unspecified atom stereocenters. The van der Waals surface area contributed by atoms with Crippen LogP contribution in [0, 0.1) is 5.92 Å². The molecule has 2 aliphatic heterocycles. The summed E-state index contributed by atoms with van der Waals surface area (Å²) in [7, 11) is 0. The number of aliphatic hydroxyl groups is 1. The lowest BCUT2D eigenvalue weighted by molar-refractivity contribution is -0.115. The number of hydrogen-bond donors (Lipinski definition) is 1. The highest BCUT2D eigenvalue weighted by Crippen LogP contribution is 2.47. The van der Waals surface area contributed by atoms with E-state index in [2.05, 4.69) is 39.2 Å². The van der Waals surface area contributed by atoms with E-state index in [1.165, 1.54) is 6.42 Å². The zero-order valence-corrected chi connectivity index (χ0v) is 12.9. The fourth-order valence-electron chi connectivity index (χ4n) is 4.13. The van der Waals surface area contributed by atoms with Crippen molar-refractivity contribution in [1.29, 1.82) is 0 Å². The van der Waals surface area contributed by atoms with E-state index in [0.717, 1.165) is 12.8 Å². The second-order valence-corrected chi connectivity index (χ2v) is 7.45. The first kappa shape index (κ1) is 15.0. The number of ether oxygens (including phenoxy) is 1. The Morgan fingerprint density at radius 3 is 2.63 bits per heavy atom. The molecule has 0 saturated carbocycles. The Kier molecular flexibility index (Phi) is 4.10. The molecule has 3 nitrogen and oxygen atoms in total. The normalized spacial score (nSPS) is 39.5. The van der Waals surface area contributed by atoms with Gasteiger partial charge in [0.1, 0.15) is 0 Å². The van der Waals surface area contributed by atoms with Crippen LogP contribution in [0.15, 0.2) is 12.7 Å². The Hall–Kier alpha value is -0.380. The minimum Gasteiger partial charge on any atom is -0.387 e. The lowest BCUT2D eigenvalue weighted by Gasteiger charge is -2.50. The van der Waals surface area contributed by atoms with Crippen LogP contribution in [0.3, 0.4) is 0 Å². The summed E-state index contributed by atoms with van der Waals surface area (Å²) in [5, 5.41) is 10.8. The molecule has 2 heterocycles. The molecule has 2 bridgehead atoms. The topological polar surface area (TPSA) is 32.7 Å². The van der Waals surface area contributed by atoms with Crippen LogP contribution in [0.25, 0.3) is 0 Å². The van der Waals surface area contributed by atoms with Gasteiger partial charge < -0.3 is 9.84 Å². The fraction of sp³-hybridized carbons (Fsp3) is 0.875. The van der Waals surface area contributed by atoms with Crippen molar-refractivity contribution in [3.8, 4) is 0 Å². The van der Waals surface area contributed by atoms with Crippen molar-refractivity contribution in [1.82, 2.24) is 4.90 Å². The van der Waals surface area contributed by atoms with Gasteiger partial charge in [-0.15, -0.1) is 6.58 Å². The monoisotopic (exact) mass is 267 g/mol. The third kappa shape index (κ3) is 3.04. The molecule has 0 radical (unpaired) electrons. The predicted octanol–water partition coefficient (Wildman–Crippen LogP) is 2.59. The summed E-state index contributed by atoms with van der Waals surface area (Å²) in [6.45, 7) is 13.8. The van der Waals surface area contributed by atoms with E-state index in [1.807, 2.05) is 0 Å². The Bertz CT molecular complexity index is 336. The molecule has 0 aromatic heterocycles. The molecule has 2 fully saturated rings. The number of rotatable bonds is 4. The number of piperidine rings is 1. The van der Waals surface area contributed by atoms with Gasteiger partial charge in [0.05, 0.1) is 18.8 Å². The van der Waals surface area contributed by atoms with E-state index in [4.69, 9.17) is 4.74 Å². The lowest BCUT2D eigenvalue weighted by atomic mass is 9.83. The van der Waals surface area contributed by atoms with E-state index in [1.54, 1.807) is 6.08 Å². The van der Waals surface area contributed by atoms with Gasteiger partial charge in [0.15, 0.2) is 0 Å². The Morgan fingerprint density at radius 2 is 2.11 bits per heavy atom. The Labute approximate surface area is 117 Å². The van der Waals surface area contributed by atoms with Gasteiger partial charge >= 0.3 is 0 Å². The first-order chi connectivity index (χ1) is 8.77. The molecule has 0 spiro atoms. The second-order valence-electron chi connectivity index (χ2n) is 7.45. The van der Waals surface area contributed by atoms with E-state index in [9.17, 15) is 5.11 Å². The van der Waals surface area contributed by atoms with E-state index >= 15 is 0 Å². The highest BCUT2D eigenvalue weighted by atomic mass is 16.5. The minimum atomic E-state index is -0.648. The van der Waals surface area contributed by atoms with Crippen LogP contribution in [0.4, 0.5) is 0 Å². The van der Waals surface area contributed by atoms with Gasteiger partial charge in [-0.3, -0.25) is 4.90 Å². The molecule has 1 N–H and O–H groups in total. The maximum Gasteiger partial charge on any atom is 0.0910 e. The molecule has 2 saturated heterocycles. The molecule has 0 aromatic rings. The van der Waals surface area contributed by atoms with E-state index in [-0.39, 0.29) is 5.54 Å². The van der Waals surface area contributed by atoms with Gasteiger partial charge in [-0.1, -0.05) is 13.0 Å². The maximum absolute atomic E-state index is 10.8. The molecule has 2 rings (SSSR count). The molecular formula is C16H29NO2. The summed E-state index contributed by atoms with van der Waals surface area (Å²) in [5.41, 5.74) is -0.464. The van der Waals surface area contributed by atoms with Gasteiger partial charge in [-0.25, -0.2) is 0 Å². The fourth-order valence-corrected chi connectivity index (χ4v) is 4.13.